The van der Waals surface area contributed by atoms with Crippen molar-refractivity contribution < 1.29 is 17.9 Å². The highest BCUT2D eigenvalue weighted by molar-refractivity contribution is 7.89. The SMILES string of the molecule is O=C(NC1C2CC3CC(C2)CC1C3)c1cc(S(=O)(=O)N2CCOCC2)ccc1Cl. The third-order valence-electron chi connectivity index (χ3n) is 7.31. The monoisotopic (exact) mass is 438 g/mol. The van der Waals surface area contributed by atoms with Crippen molar-refractivity contribution in [2.75, 3.05) is 26.3 Å². The van der Waals surface area contributed by atoms with Crippen molar-refractivity contribution in [1.29, 1.82) is 0 Å². The topological polar surface area (TPSA) is 75.7 Å². The summed E-state index contributed by atoms with van der Waals surface area (Å²) in [4.78, 5) is 13.2. The van der Waals surface area contributed by atoms with Crippen molar-refractivity contribution in [3.05, 3.63) is 28.8 Å². The summed E-state index contributed by atoms with van der Waals surface area (Å²) in [5.41, 5.74) is 0.245. The number of halogens is 1. The Kier molecular flexibility index (Phi) is 5.13. The fraction of sp³-hybridized carbons (Fsp3) is 0.667. The normalized spacial score (nSPS) is 34.3. The fourth-order valence-corrected chi connectivity index (χ4v) is 7.80. The number of carbonyl (C=O) groups is 1. The van der Waals surface area contributed by atoms with E-state index in [1.54, 1.807) is 0 Å². The summed E-state index contributed by atoms with van der Waals surface area (Å²) < 4.78 is 32.6. The number of rotatable bonds is 4. The van der Waals surface area contributed by atoms with Gasteiger partial charge in [0.15, 0.2) is 0 Å². The van der Waals surface area contributed by atoms with Gasteiger partial charge < -0.3 is 10.1 Å². The van der Waals surface area contributed by atoms with Crippen molar-refractivity contribution in [2.24, 2.45) is 23.7 Å². The molecule has 0 aromatic heterocycles. The number of sulfonamides is 1. The molecule has 1 aromatic carbocycles. The highest BCUT2D eigenvalue weighted by Crippen LogP contribution is 2.53. The second-order valence-electron chi connectivity index (χ2n) is 9.09. The molecule has 5 aliphatic rings. The van der Waals surface area contributed by atoms with Crippen molar-refractivity contribution in [1.82, 2.24) is 9.62 Å². The predicted octanol–water partition coefficient (Wildman–Crippen LogP) is 2.92. The lowest BCUT2D eigenvalue weighted by Gasteiger charge is -2.54. The third kappa shape index (κ3) is 3.60. The average Bonchev–Trinajstić information content (AvgIpc) is 2.71. The number of ether oxygens (including phenoxy) is 1. The van der Waals surface area contributed by atoms with E-state index in [4.69, 9.17) is 16.3 Å². The number of benzene rings is 1. The summed E-state index contributed by atoms with van der Waals surface area (Å²) in [5, 5.41) is 3.51. The molecule has 5 fully saturated rings. The maximum absolute atomic E-state index is 13.1. The van der Waals surface area contributed by atoms with Gasteiger partial charge in [0.1, 0.15) is 0 Å². The summed E-state index contributed by atoms with van der Waals surface area (Å²) in [5.74, 6) is 2.50. The van der Waals surface area contributed by atoms with E-state index in [1.165, 1.54) is 54.6 Å². The molecule has 6 nitrogen and oxygen atoms in total. The third-order valence-corrected chi connectivity index (χ3v) is 9.54. The molecule has 1 N–H and O–H groups in total. The van der Waals surface area contributed by atoms with Crippen LogP contribution in [0.1, 0.15) is 42.5 Å². The van der Waals surface area contributed by atoms with Crippen LogP contribution in [0.5, 0.6) is 0 Å². The zero-order valence-electron chi connectivity index (χ0n) is 16.3. The van der Waals surface area contributed by atoms with E-state index in [0.29, 0.717) is 38.1 Å². The molecular weight excluding hydrogens is 412 g/mol. The zero-order valence-corrected chi connectivity index (χ0v) is 17.9. The lowest BCUT2D eigenvalue weighted by molar-refractivity contribution is -0.0119. The first-order chi connectivity index (χ1) is 13.9. The maximum Gasteiger partial charge on any atom is 0.253 e. The number of hydrogen-bond donors (Lipinski definition) is 1. The highest BCUT2D eigenvalue weighted by atomic mass is 35.5. The molecule has 0 radical (unpaired) electrons. The van der Waals surface area contributed by atoms with E-state index in [2.05, 4.69) is 5.32 Å². The van der Waals surface area contributed by atoms with Crippen LogP contribution >= 0.6 is 11.6 Å². The van der Waals surface area contributed by atoms with Crippen LogP contribution in [0.4, 0.5) is 0 Å². The number of nitrogens with one attached hydrogen (secondary N) is 1. The molecular formula is C21H27ClN2O4S. The average molecular weight is 439 g/mol. The van der Waals surface area contributed by atoms with Crippen LogP contribution in [0.15, 0.2) is 23.1 Å². The molecule has 1 heterocycles. The standard InChI is InChI=1S/C21H27ClN2O4S/c22-19-2-1-17(29(26,27)24-3-5-28-6-4-24)12-18(19)21(25)23-20-15-8-13-7-14(10-15)11-16(20)9-13/h1-2,12-16,20H,3-11H2,(H,23,25). The van der Waals surface area contributed by atoms with Gasteiger partial charge in [-0.3, -0.25) is 4.79 Å². The molecule has 29 heavy (non-hydrogen) atoms. The predicted molar refractivity (Wildman–Crippen MR) is 109 cm³/mol. The van der Waals surface area contributed by atoms with Crippen molar-refractivity contribution >= 4 is 27.5 Å². The summed E-state index contributed by atoms with van der Waals surface area (Å²) in [6.45, 7) is 1.40. The van der Waals surface area contributed by atoms with Gasteiger partial charge in [-0.1, -0.05) is 11.6 Å². The molecule has 0 atom stereocenters. The first-order valence-electron chi connectivity index (χ1n) is 10.6. The summed E-state index contributed by atoms with van der Waals surface area (Å²) in [6, 6.07) is 4.61. The van der Waals surface area contributed by atoms with E-state index < -0.39 is 10.0 Å². The Morgan fingerprint density at radius 1 is 1.03 bits per heavy atom. The van der Waals surface area contributed by atoms with E-state index in [9.17, 15) is 13.2 Å². The minimum absolute atomic E-state index is 0.110. The molecule has 1 aromatic rings. The van der Waals surface area contributed by atoms with Crippen LogP contribution < -0.4 is 5.32 Å². The van der Waals surface area contributed by atoms with Gasteiger partial charge in [-0.05, 0) is 74.0 Å². The van der Waals surface area contributed by atoms with Crippen LogP contribution in [0, 0.1) is 23.7 Å². The number of morpholine rings is 1. The molecule has 4 aliphatic carbocycles. The van der Waals surface area contributed by atoms with E-state index in [-0.39, 0.29) is 27.4 Å². The molecule has 1 saturated heterocycles. The van der Waals surface area contributed by atoms with Gasteiger partial charge >= 0.3 is 0 Å². The van der Waals surface area contributed by atoms with Gasteiger partial charge in [0, 0.05) is 19.1 Å². The van der Waals surface area contributed by atoms with Crippen LogP contribution in [-0.4, -0.2) is 51.0 Å². The van der Waals surface area contributed by atoms with E-state index in [1.807, 2.05) is 0 Å². The first-order valence-corrected chi connectivity index (χ1v) is 12.4. The molecule has 6 rings (SSSR count). The smallest absolute Gasteiger partial charge is 0.253 e. The maximum atomic E-state index is 13.1. The molecule has 4 bridgehead atoms. The molecule has 0 spiro atoms. The molecule has 1 aliphatic heterocycles. The van der Waals surface area contributed by atoms with Crippen molar-refractivity contribution in [3.8, 4) is 0 Å². The lowest BCUT2D eigenvalue weighted by Crippen LogP contribution is -2.55. The van der Waals surface area contributed by atoms with Gasteiger partial charge in [-0.2, -0.15) is 4.31 Å². The lowest BCUT2D eigenvalue weighted by atomic mass is 9.54. The van der Waals surface area contributed by atoms with Gasteiger partial charge in [-0.15, -0.1) is 0 Å². The number of amides is 1. The molecule has 1 amide bonds. The van der Waals surface area contributed by atoms with Crippen LogP contribution in [-0.2, 0) is 14.8 Å². The van der Waals surface area contributed by atoms with Gasteiger partial charge in [-0.25, -0.2) is 8.42 Å². The number of carbonyl (C=O) groups excluding carboxylic acids is 1. The first kappa shape index (κ1) is 19.8. The number of hydrogen-bond acceptors (Lipinski definition) is 4. The van der Waals surface area contributed by atoms with Crippen molar-refractivity contribution in [2.45, 2.75) is 43.0 Å². The van der Waals surface area contributed by atoms with E-state index in [0.717, 1.165) is 11.8 Å². The highest BCUT2D eigenvalue weighted by Gasteiger charge is 2.48. The fourth-order valence-electron chi connectivity index (χ4n) is 6.16. The zero-order chi connectivity index (χ0) is 20.2. The van der Waals surface area contributed by atoms with E-state index >= 15 is 0 Å². The summed E-state index contributed by atoms with van der Waals surface area (Å²) in [6.07, 6.45) is 6.18. The molecule has 0 unspecified atom stereocenters. The van der Waals surface area contributed by atoms with Crippen molar-refractivity contribution in [3.63, 3.8) is 0 Å². The Hall–Kier alpha value is -1.15. The Morgan fingerprint density at radius 3 is 2.28 bits per heavy atom. The molecule has 8 heteroatoms. The largest absolute Gasteiger partial charge is 0.379 e. The Labute approximate surface area is 177 Å². The second-order valence-corrected chi connectivity index (χ2v) is 11.4. The van der Waals surface area contributed by atoms with Gasteiger partial charge in [0.05, 0.1) is 28.7 Å². The van der Waals surface area contributed by atoms with Crippen LogP contribution in [0.25, 0.3) is 0 Å². The number of nitrogens with zero attached hydrogens (tertiary/aromatic N) is 1. The quantitative estimate of drug-likeness (QED) is 0.784. The van der Waals surface area contributed by atoms with Crippen LogP contribution in [0.3, 0.4) is 0 Å². The minimum atomic E-state index is -3.67. The summed E-state index contributed by atoms with van der Waals surface area (Å²) >= 11 is 6.31. The molecule has 158 valence electrons. The Morgan fingerprint density at radius 2 is 1.66 bits per heavy atom. The minimum Gasteiger partial charge on any atom is -0.379 e. The second kappa shape index (κ2) is 7.52. The Balaban J connectivity index is 1.37. The van der Waals surface area contributed by atoms with Gasteiger partial charge in [0.2, 0.25) is 10.0 Å². The Bertz CT molecular complexity index is 885. The van der Waals surface area contributed by atoms with Gasteiger partial charge in [0.25, 0.3) is 5.91 Å². The summed E-state index contributed by atoms with van der Waals surface area (Å²) in [7, 11) is -3.67. The van der Waals surface area contributed by atoms with Crippen LogP contribution in [0.2, 0.25) is 5.02 Å². The molecule has 4 saturated carbocycles.